The first-order valence-corrected chi connectivity index (χ1v) is 11.4. The van der Waals surface area contributed by atoms with Crippen LogP contribution < -0.4 is 5.56 Å². The summed E-state index contributed by atoms with van der Waals surface area (Å²) in [5.74, 6) is -0.426. The fraction of sp³-hybridized carbons (Fsp3) is 0.400. The molecule has 1 aliphatic rings. The first-order chi connectivity index (χ1) is 15.5. The lowest BCUT2D eigenvalue weighted by molar-refractivity contribution is 0.132. The van der Waals surface area contributed by atoms with Gasteiger partial charge in [-0.25, -0.2) is 14.2 Å². The van der Waals surface area contributed by atoms with E-state index in [-0.39, 0.29) is 22.5 Å². The molecule has 1 amide bonds. The maximum Gasteiger partial charge on any atom is 0.407 e. The van der Waals surface area contributed by atoms with Crippen molar-refractivity contribution in [3.63, 3.8) is 0 Å². The van der Waals surface area contributed by atoms with Crippen molar-refractivity contribution in [3.8, 4) is 11.3 Å². The van der Waals surface area contributed by atoms with Crippen LogP contribution in [0.5, 0.6) is 0 Å². The molecule has 33 heavy (non-hydrogen) atoms. The summed E-state index contributed by atoms with van der Waals surface area (Å²) in [6.07, 6.45) is 0.284. The van der Waals surface area contributed by atoms with Gasteiger partial charge in [0.05, 0.1) is 10.7 Å². The normalized spacial score (nSPS) is 15.2. The summed E-state index contributed by atoms with van der Waals surface area (Å²) in [6, 6.07) is 9.69. The van der Waals surface area contributed by atoms with E-state index >= 15 is 0 Å². The van der Waals surface area contributed by atoms with E-state index in [9.17, 15) is 19.1 Å². The standard InChI is InChI=1S/C25H27ClFN3O3/c1-25(2,3)14-30-21(31)13-17(15-8-10-29(11-9-15)24(32)33)18-12-19(26)22(28-23(18)30)16-6-4-5-7-20(16)27/h4-7,12-13,15H,8-11,14H2,1-3H3,(H,32,33). The minimum absolute atomic E-state index is 0.0114. The number of pyridine rings is 2. The van der Waals surface area contributed by atoms with Crippen LogP contribution in [0.2, 0.25) is 5.02 Å². The van der Waals surface area contributed by atoms with Crippen LogP contribution in [-0.2, 0) is 6.54 Å². The van der Waals surface area contributed by atoms with Crippen LogP contribution in [0.15, 0.2) is 41.2 Å². The van der Waals surface area contributed by atoms with Gasteiger partial charge in [0, 0.05) is 36.7 Å². The van der Waals surface area contributed by atoms with Crippen molar-refractivity contribution in [2.75, 3.05) is 13.1 Å². The zero-order valence-electron chi connectivity index (χ0n) is 18.9. The Balaban J connectivity index is 1.92. The van der Waals surface area contributed by atoms with Crippen molar-refractivity contribution in [3.05, 3.63) is 63.2 Å². The molecule has 4 rings (SSSR count). The van der Waals surface area contributed by atoms with Crippen molar-refractivity contribution in [2.45, 2.75) is 46.1 Å². The maximum atomic E-state index is 14.6. The van der Waals surface area contributed by atoms with Gasteiger partial charge in [-0.2, -0.15) is 0 Å². The molecule has 3 aromatic rings. The number of likely N-dealkylation sites (tertiary alicyclic amines) is 1. The summed E-state index contributed by atoms with van der Waals surface area (Å²) in [5.41, 5.74) is 1.49. The Hall–Kier alpha value is -2.93. The van der Waals surface area contributed by atoms with Crippen LogP contribution in [0.1, 0.15) is 45.1 Å². The molecule has 1 aliphatic heterocycles. The molecule has 0 bridgehead atoms. The highest BCUT2D eigenvalue weighted by atomic mass is 35.5. The van der Waals surface area contributed by atoms with E-state index in [1.807, 2.05) is 20.8 Å². The second-order valence-corrected chi connectivity index (χ2v) is 10.2. The van der Waals surface area contributed by atoms with Crippen molar-refractivity contribution in [1.29, 1.82) is 0 Å². The number of piperidine rings is 1. The SMILES string of the molecule is CC(C)(C)Cn1c(=O)cc(C2CCN(C(=O)O)CC2)c2cc(Cl)c(-c3ccccc3F)nc21. The van der Waals surface area contributed by atoms with E-state index in [2.05, 4.69) is 0 Å². The highest BCUT2D eigenvalue weighted by molar-refractivity contribution is 6.33. The van der Waals surface area contributed by atoms with Gasteiger partial charge in [0.15, 0.2) is 0 Å². The first-order valence-electron chi connectivity index (χ1n) is 11.0. The number of carbonyl (C=O) groups is 1. The van der Waals surface area contributed by atoms with Gasteiger partial charge in [-0.15, -0.1) is 0 Å². The molecule has 0 atom stereocenters. The average Bonchev–Trinajstić information content (AvgIpc) is 2.75. The van der Waals surface area contributed by atoms with Crippen molar-refractivity contribution in [2.24, 2.45) is 5.41 Å². The summed E-state index contributed by atoms with van der Waals surface area (Å²) in [6.45, 7) is 7.35. The van der Waals surface area contributed by atoms with E-state index in [4.69, 9.17) is 16.6 Å². The lowest BCUT2D eigenvalue weighted by Crippen LogP contribution is -2.37. The minimum Gasteiger partial charge on any atom is -0.465 e. The van der Waals surface area contributed by atoms with Crippen molar-refractivity contribution in [1.82, 2.24) is 14.5 Å². The molecule has 0 radical (unpaired) electrons. The monoisotopic (exact) mass is 471 g/mol. The van der Waals surface area contributed by atoms with Gasteiger partial charge in [-0.05, 0) is 47.9 Å². The summed E-state index contributed by atoms with van der Waals surface area (Å²) < 4.78 is 16.2. The van der Waals surface area contributed by atoms with E-state index < -0.39 is 11.9 Å². The van der Waals surface area contributed by atoms with Crippen molar-refractivity contribution < 1.29 is 14.3 Å². The van der Waals surface area contributed by atoms with E-state index in [0.29, 0.717) is 48.8 Å². The molecular formula is C25H27ClFN3O3. The first kappa shape index (κ1) is 23.2. The molecule has 1 saturated heterocycles. The highest BCUT2D eigenvalue weighted by Gasteiger charge is 2.27. The Bertz CT molecular complexity index is 1270. The number of nitrogens with zero attached hydrogens (tertiary/aromatic N) is 3. The third-order valence-corrected chi connectivity index (χ3v) is 6.32. The Kier molecular flexibility index (Phi) is 6.18. The highest BCUT2D eigenvalue weighted by Crippen LogP contribution is 2.36. The Morgan fingerprint density at radius 2 is 1.88 bits per heavy atom. The lowest BCUT2D eigenvalue weighted by Gasteiger charge is -2.31. The smallest absolute Gasteiger partial charge is 0.407 e. The summed E-state index contributed by atoms with van der Waals surface area (Å²) in [7, 11) is 0. The number of amides is 1. The maximum absolute atomic E-state index is 14.6. The molecule has 8 heteroatoms. The van der Waals surface area contributed by atoms with Crippen LogP contribution in [-0.4, -0.2) is 38.7 Å². The van der Waals surface area contributed by atoms with Gasteiger partial charge in [0.25, 0.3) is 5.56 Å². The molecule has 174 valence electrons. The predicted molar refractivity (Wildman–Crippen MR) is 127 cm³/mol. The number of halogens is 2. The number of aromatic nitrogens is 2. The van der Waals surface area contributed by atoms with Gasteiger partial charge in [0.2, 0.25) is 0 Å². The van der Waals surface area contributed by atoms with Gasteiger partial charge in [0.1, 0.15) is 11.5 Å². The molecule has 1 fully saturated rings. The summed E-state index contributed by atoms with van der Waals surface area (Å²) >= 11 is 6.61. The topological polar surface area (TPSA) is 75.4 Å². The van der Waals surface area contributed by atoms with Gasteiger partial charge in [-0.1, -0.05) is 44.5 Å². The molecule has 0 saturated carbocycles. The van der Waals surface area contributed by atoms with Gasteiger partial charge in [-0.3, -0.25) is 9.36 Å². The molecule has 0 spiro atoms. The zero-order chi connectivity index (χ0) is 23.9. The average molecular weight is 472 g/mol. The summed E-state index contributed by atoms with van der Waals surface area (Å²) in [4.78, 5) is 30.7. The molecule has 1 N–H and O–H groups in total. The van der Waals surface area contributed by atoms with E-state index in [1.165, 1.54) is 11.0 Å². The molecular weight excluding hydrogens is 445 g/mol. The molecule has 0 aliphatic carbocycles. The number of hydrogen-bond donors (Lipinski definition) is 1. The van der Waals surface area contributed by atoms with E-state index in [0.717, 1.165) is 10.9 Å². The second kappa shape index (κ2) is 8.78. The van der Waals surface area contributed by atoms with E-state index in [1.54, 1.807) is 34.9 Å². The van der Waals surface area contributed by atoms with Crippen LogP contribution in [0.3, 0.4) is 0 Å². The Morgan fingerprint density at radius 1 is 1.21 bits per heavy atom. The second-order valence-electron chi connectivity index (χ2n) is 9.80. The van der Waals surface area contributed by atoms with Gasteiger partial charge < -0.3 is 10.0 Å². The molecule has 6 nitrogen and oxygen atoms in total. The number of hydrogen-bond acceptors (Lipinski definition) is 3. The lowest BCUT2D eigenvalue weighted by atomic mass is 9.87. The molecule has 2 aromatic heterocycles. The van der Waals surface area contributed by atoms with Crippen LogP contribution in [0.4, 0.5) is 9.18 Å². The van der Waals surface area contributed by atoms with Crippen LogP contribution in [0, 0.1) is 11.2 Å². The fourth-order valence-electron chi connectivity index (χ4n) is 4.48. The zero-order valence-corrected chi connectivity index (χ0v) is 19.7. The predicted octanol–water partition coefficient (Wildman–Crippen LogP) is 5.76. The molecule has 1 aromatic carbocycles. The van der Waals surface area contributed by atoms with Crippen molar-refractivity contribution >= 4 is 28.7 Å². The quantitative estimate of drug-likeness (QED) is 0.527. The number of benzene rings is 1. The number of carboxylic acid groups (broad SMARTS) is 1. The van der Waals surface area contributed by atoms with Crippen LogP contribution >= 0.6 is 11.6 Å². The fourth-order valence-corrected chi connectivity index (χ4v) is 4.73. The van der Waals surface area contributed by atoms with Gasteiger partial charge >= 0.3 is 6.09 Å². The largest absolute Gasteiger partial charge is 0.465 e. The Morgan fingerprint density at radius 3 is 2.48 bits per heavy atom. The third-order valence-electron chi connectivity index (χ3n) is 6.03. The van der Waals surface area contributed by atoms with Crippen LogP contribution in [0.25, 0.3) is 22.3 Å². The third kappa shape index (κ3) is 4.74. The number of rotatable bonds is 3. The summed E-state index contributed by atoms with van der Waals surface area (Å²) in [5, 5.41) is 10.3. The molecule has 3 heterocycles. The molecule has 0 unspecified atom stereocenters. The number of fused-ring (bicyclic) bond motifs is 1. The Labute approximate surface area is 196 Å². The minimum atomic E-state index is -0.932.